The number of aromatic nitrogens is 4. The molecule has 3 heterocycles. The van der Waals surface area contributed by atoms with Gasteiger partial charge in [0, 0.05) is 31.6 Å². The average molecular weight is 387 g/mol. The molecule has 0 fully saturated rings. The lowest BCUT2D eigenvalue weighted by molar-refractivity contribution is 0.0679. The number of carbonyl (C=O) groups is 1. The number of nitrogens with zero attached hydrogens (tertiary/aromatic N) is 5. The van der Waals surface area contributed by atoms with Gasteiger partial charge in [0.15, 0.2) is 5.65 Å². The Labute approximate surface area is 168 Å². The van der Waals surface area contributed by atoms with E-state index < -0.39 is 0 Å². The van der Waals surface area contributed by atoms with Gasteiger partial charge in [-0.1, -0.05) is 36.4 Å². The van der Waals surface area contributed by atoms with Crippen molar-refractivity contribution in [2.24, 2.45) is 0 Å². The minimum Gasteiger partial charge on any atom is -0.383 e. The number of benzene rings is 1. The molecule has 0 aliphatic heterocycles. The smallest absolute Gasteiger partial charge is 0.259 e. The van der Waals surface area contributed by atoms with E-state index in [1.165, 1.54) is 0 Å². The van der Waals surface area contributed by atoms with Crippen LogP contribution in [0.3, 0.4) is 0 Å². The molecule has 146 valence electrons. The third-order valence-electron chi connectivity index (χ3n) is 4.63. The Balaban J connectivity index is 1.69. The lowest BCUT2D eigenvalue weighted by atomic mass is 10.1. The molecular weight excluding hydrogens is 366 g/mol. The Hall–Kier alpha value is -3.58. The maximum Gasteiger partial charge on any atom is 0.259 e. The molecule has 1 aromatic carbocycles. The molecule has 1 amide bonds. The molecule has 4 rings (SSSR count). The zero-order chi connectivity index (χ0) is 20.1. The predicted octanol–water partition coefficient (Wildman–Crippen LogP) is 3.08. The summed E-state index contributed by atoms with van der Waals surface area (Å²) in [7, 11) is 1.62. The van der Waals surface area contributed by atoms with Gasteiger partial charge in [0.1, 0.15) is 5.56 Å². The molecule has 29 heavy (non-hydrogen) atoms. The van der Waals surface area contributed by atoms with Gasteiger partial charge in [-0.3, -0.25) is 9.78 Å². The fraction of sp³-hybridized carbons (Fsp3) is 0.182. The van der Waals surface area contributed by atoms with Crippen LogP contribution in [0.15, 0.2) is 73.2 Å². The number of hydrogen-bond donors (Lipinski definition) is 0. The Morgan fingerprint density at radius 2 is 1.86 bits per heavy atom. The second kappa shape index (κ2) is 8.62. The van der Waals surface area contributed by atoms with Crippen LogP contribution in [0.4, 0.5) is 0 Å². The standard InChI is InChI=1S/C22H21N5O2/c1-29-14-13-26(16-18-9-5-6-11-23-18)22(28)19-15-25-27-20(10-12-24-21(19)27)17-7-3-2-4-8-17/h2-12,15H,13-14,16H2,1H3. The first kappa shape index (κ1) is 18.8. The molecular formula is C22H21N5O2. The maximum atomic E-state index is 13.3. The van der Waals surface area contributed by atoms with Crippen LogP contribution >= 0.6 is 0 Å². The van der Waals surface area contributed by atoms with Gasteiger partial charge in [0.05, 0.1) is 30.7 Å². The van der Waals surface area contributed by atoms with Crippen molar-refractivity contribution in [3.8, 4) is 11.3 Å². The zero-order valence-corrected chi connectivity index (χ0v) is 16.1. The first-order chi connectivity index (χ1) is 14.3. The number of hydrogen-bond acceptors (Lipinski definition) is 5. The molecule has 3 aromatic heterocycles. The summed E-state index contributed by atoms with van der Waals surface area (Å²) in [5.74, 6) is -0.152. The van der Waals surface area contributed by atoms with Gasteiger partial charge < -0.3 is 9.64 Å². The third-order valence-corrected chi connectivity index (χ3v) is 4.63. The van der Waals surface area contributed by atoms with Crippen LogP contribution in [0.5, 0.6) is 0 Å². The highest BCUT2D eigenvalue weighted by molar-refractivity contribution is 5.99. The minimum absolute atomic E-state index is 0.152. The fourth-order valence-corrected chi connectivity index (χ4v) is 3.18. The van der Waals surface area contributed by atoms with E-state index in [2.05, 4.69) is 15.1 Å². The van der Waals surface area contributed by atoms with Gasteiger partial charge in [-0.2, -0.15) is 5.10 Å². The summed E-state index contributed by atoms with van der Waals surface area (Å²) in [4.78, 5) is 23.8. The molecule has 0 unspecified atom stereocenters. The van der Waals surface area contributed by atoms with Gasteiger partial charge in [0.2, 0.25) is 0 Å². The average Bonchev–Trinajstić information content (AvgIpc) is 3.22. The molecule has 0 atom stereocenters. The molecule has 0 radical (unpaired) electrons. The summed E-state index contributed by atoms with van der Waals surface area (Å²) >= 11 is 0. The quantitative estimate of drug-likeness (QED) is 0.487. The number of carbonyl (C=O) groups excluding carboxylic acids is 1. The number of amides is 1. The molecule has 0 saturated heterocycles. The van der Waals surface area contributed by atoms with Crippen molar-refractivity contribution in [3.63, 3.8) is 0 Å². The molecule has 0 N–H and O–H groups in total. The van der Waals surface area contributed by atoms with Crippen LogP contribution in [0.2, 0.25) is 0 Å². The van der Waals surface area contributed by atoms with Crippen molar-refractivity contribution in [2.45, 2.75) is 6.54 Å². The van der Waals surface area contributed by atoms with Gasteiger partial charge in [0.25, 0.3) is 5.91 Å². The monoisotopic (exact) mass is 387 g/mol. The molecule has 0 spiro atoms. The first-order valence-electron chi connectivity index (χ1n) is 9.34. The van der Waals surface area contributed by atoms with Crippen molar-refractivity contribution in [1.82, 2.24) is 24.5 Å². The predicted molar refractivity (Wildman–Crippen MR) is 109 cm³/mol. The van der Waals surface area contributed by atoms with Crippen LogP contribution in [0, 0.1) is 0 Å². The van der Waals surface area contributed by atoms with E-state index in [9.17, 15) is 4.79 Å². The van der Waals surface area contributed by atoms with Crippen LogP contribution in [0.25, 0.3) is 16.9 Å². The number of pyridine rings is 1. The van der Waals surface area contributed by atoms with Crippen molar-refractivity contribution >= 4 is 11.6 Å². The molecule has 0 bridgehead atoms. The number of fused-ring (bicyclic) bond motifs is 1. The zero-order valence-electron chi connectivity index (χ0n) is 16.1. The largest absolute Gasteiger partial charge is 0.383 e. The third kappa shape index (κ3) is 4.00. The lowest BCUT2D eigenvalue weighted by Gasteiger charge is -2.21. The SMILES string of the molecule is COCCN(Cc1ccccn1)C(=O)c1cnn2c(-c3ccccc3)ccnc12. The van der Waals surface area contributed by atoms with Gasteiger partial charge >= 0.3 is 0 Å². The van der Waals surface area contributed by atoms with Crippen molar-refractivity contribution in [1.29, 1.82) is 0 Å². The summed E-state index contributed by atoms with van der Waals surface area (Å²) in [6.45, 7) is 1.26. The summed E-state index contributed by atoms with van der Waals surface area (Å²) < 4.78 is 6.90. The summed E-state index contributed by atoms with van der Waals surface area (Å²) in [6.07, 6.45) is 5.00. The Bertz CT molecular complexity index is 1100. The highest BCUT2D eigenvalue weighted by atomic mass is 16.5. The molecule has 0 aliphatic carbocycles. The van der Waals surface area contributed by atoms with E-state index in [0.29, 0.717) is 30.9 Å². The molecule has 4 aromatic rings. The Kier molecular flexibility index (Phi) is 5.58. The second-order valence-corrected chi connectivity index (χ2v) is 6.53. The summed E-state index contributed by atoms with van der Waals surface area (Å²) in [5, 5.41) is 4.45. The molecule has 0 saturated carbocycles. The van der Waals surface area contributed by atoms with Crippen LogP contribution in [-0.2, 0) is 11.3 Å². The van der Waals surface area contributed by atoms with E-state index in [0.717, 1.165) is 17.0 Å². The molecule has 7 nitrogen and oxygen atoms in total. The van der Waals surface area contributed by atoms with Crippen LogP contribution in [-0.4, -0.2) is 50.7 Å². The number of ether oxygens (including phenoxy) is 1. The molecule has 7 heteroatoms. The normalized spacial score (nSPS) is 10.9. The van der Waals surface area contributed by atoms with E-state index in [4.69, 9.17) is 4.74 Å². The lowest BCUT2D eigenvalue weighted by Crippen LogP contribution is -2.33. The fourth-order valence-electron chi connectivity index (χ4n) is 3.18. The van der Waals surface area contributed by atoms with Crippen LogP contribution in [0.1, 0.15) is 16.1 Å². The van der Waals surface area contributed by atoms with E-state index in [-0.39, 0.29) is 5.91 Å². The van der Waals surface area contributed by atoms with Gasteiger partial charge in [-0.15, -0.1) is 0 Å². The van der Waals surface area contributed by atoms with Gasteiger partial charge in [-0.05, 0) is 18.2 Å². The number of methoxy groups -OCH3 is 1. The topological polar surface area (TPSA) is 72.6 Å². The highest BCUT2D eigenvalue weighted by Crippen LogP contribution is 2.21. The summed E-state index contributed by atoms with van der Waals surface area (Å²) in [6, 6.07) is 17.5. The Morgan fingerprint density at radius 3 is 2.62 bits per heavy atom. The van der Waals surface area contributed by atoms with Gasteiger partial charge in [-0.25, -0.2) is 9.50 Å². The second-order valence-electron chi connectivity index (χ2n) is 6.53. The summed E-state index contributed by atoms with van der Waals surface area (Å²) in [5.41, 5.74) is 3.68. The first-order valence-corrected chi connectivity index (χ1v) is 9.34. The number of rotatable bonds is 7. The highest BCUT2D eigenvalue weighted by Gasteiger charge is 2.22. The van der Waals surface area contributed by atoms with Crippen molar-refractivity contribution < 1.29 is 9.53 Å². The van der Waals surface area contributed by atoms with Crippen molar-refractivity contribution in [3.05, 3.63) is 84.4 Å². The molecule has 0 aliphatic rings. The van der Waals surface area contributed by atoms with E-state index >= 15 is 0 Å². The van der Waals surface area contributed by atoms with E-state index in [1.54, 1.807) is 35.1 Å². The van der Waals surface area contributed by atoms with Crippen LogP contribution < -0.4 is 0 Å². The van der Waals surface area contributed by atoms with E-state index in [1.807, 2.05) is 54.6 Å². The van der Waals surface area contributed by atoms with Crippen molar-refractivity contribution in [2.75, 3.05) is 20.3 Å². The minimum atomic E-state index is -0.152. The maximum absolute atomic E-state index is 13.3. The Morgan fingerprint density at radius 1 is 1.03 bits per heavy atom.